The number of rotatable bonds is 19. The molecule has 0 saturated carbocycles. The summed E-state index contributed by atoms with van der Waals surface area (Å²) in [5, 5.41) is 0. The van der Waals surface area contributed by atoms with Crippen LogP contribution in [0.4, 0.5) is 0 Å². The van der Waals surface area contributed by atoms with Crippen LogP contribution in [0.2, 0.25) is 0 Å². The molecule has 0 bridgehead atoms. The third-order valence-corrected chi connectivity index (χ3v) is 5.39. The molecule has 1 saturated heterocycles. The van der Waals surface area contributed by atoms with Gasteiger partial charge in [-0.1, -0.05) is 90.4 Å². The Kier molecular flexibility index (Phi) is 16.8. The highest BCUT2D eigenvalue weighted by Crippen LogP contribution is 2.20. The summed E-state index contributed by atoms with van der Waals surface area (Å²) in [4.78, 5) is 0. The average Bonchev–Trinajstić information content (AvgIpc) is 3.09. The molecule has 0 amide bonds. The molecule has 0 aromatic carbocycles. The van der Waals surface area contributed by atoms with Gasteiger partial charge >= 0.3 is 0 Å². The van der Waals surface area contributed by atoms with Gasteiger partial charge in [-0.2, -0.15) is 0 Å². The summed E-state index contributed by atoms with van der Waals surface area (Å²) in [6, 6.07) is 0. The fraction of sp³-hybridized carbons (Fsp3) is 1.00. The van der Waals surface area contributed by atoms with Crippen LogP contribution < -0.4 is 0 Å². The summed E-state index contributed by atoms with van der Waals surface area (Å²) >= 11 is 0. The number of ether oxygens (including phenoxy) is 3. The Morgan fingerprint density at radius 3 is 1.81 bits per heavy atom. The van der Waals surface area contributed by atoms with Crippen LogP contribution in [0, 0.1) is 5.92 Å². The zero-order chi connectivity index (χ0) is 18.7. The predicted octanol–water partition coefficient (Wildman–Crippen LogP) is 6.88. The van der Waals surface area contributed by atoms with Crippen LogP contribution in [-0.4, -0.2) is 32.7 Å². The van der Waals surface area contributed by atoms with E-state index in [1.165, 1.54) is 89.9 Å². The minimum Gasteiger partial charge on any atom is -0.381 e. The standard InChI is InChI=1S/C23H46O3/c1-3-5-6-7-8-9-10-11-12-13-14-15-16-17-18-24-20-22-19-23(25-4-2)26-21-22/h22-23H,3-21H2,1-2H3. The van der Waals surface area contributed by atoms with E-state index in [1.54, 1.807) is 0 Å². The van der Waals surface area contributed by atoms with Crippen LogP contribution in [0.5, 0.6) is 0 Å². The molecule has 1 heterocycles. The summed E-state index contributed by atoms with van der Waals surface area (Å²) in [6.07, 6.45) is 20.7. The third kappa shape index (κ3) is 14.0. The van der Waals surface area contributed by atoms with Gasteiger partial charge in [0.1, 0.15) is 0 Å². The lowest BCUT2D eigenvalue weighted by atomic mass is 10.0. The second-order valence-electron chi connectivity index (χ2n) is 7.99. The molecule has 1 fully saturated rings. The predicted molar refractivity (Wildman–Crippen MR) is 111 cm³/mol. The van der Waals surface area contributed by atoms with Crippen molar-refractivity contribution in [2.75, 3.05) is 26.4 Å². The molecule has 3 nitrogen and oxygen atoms in total. The molecule has 0 aromatic heterocycles. The highest BCUT2D eigenvalue weighted by molar-refractivity contribution is 4.67. The Morgan fingerprint density at radius 1 is 0.731 bits per heavy atom. The van der Waals surface area contributed by atoms with Gasteiger partial charge in [0, 0.05) is 25.6 Å². The van der Waals surface area contributed by atoms with Gasteiger partial charge < -0.3 is 14.2 Å². The number of unbranched alkanes of at least 4 members (excludes halogenated alkanes) is 13. The smallest absolute Gasteiger partial charge is 0.158 e. The topological polar surface area (TPSA) is 27.7 Å². The largest absolute Gasteiger partial charge is 0.381 e. The van der Waals surface area contributed by atoms with Gasteiger partial charge in [0.05, 0.1) is 13.2 Å². The van der Waals surface area contributed by atoms with Crippen molar-refractivity contribution in [3.63, 3.8) is 0 Å². The maximum Gasteiger partial charge on any atom is 0.158 e. The molecule has 0 aromatic rings. The lowest BCUT2D eigenvalue weighted by Crippen LogP contribution is -2.12. The average molecular weight is 371 g/mol. The maximum absolute atomic E-state index is 5.82. The van der Waals surface area contributed by atoms with Crippen LogP contribution in [-0.2, 0) is 14.2 Å². The Balaban J connectivity index is 1.70. The van der Waals surface area contributed by atoms with Crippen LogP contribution in [0.15, 0.2) is 0 Å². The Morgan fingerprint density at radius 2 is 1.27 bits per heavy atom. The van der Waals surface area contributed by atoms with E-state index in [0.29, 0.717) is 5.92 Å². The summed E-state index contributed by atoms with van der Waals surface area (Å²) in [5.74, 6) is 0.526. The normalized spacial score (nSPS) is 20.1. The summed E-state index contributed by atoms with van der Waals surface area (Å²) in [7, 11) is 0. The number of hydrogen-bond acceptors (Lipinski definition) is 3. The summed E-state index contributed by atoms with van der Waals surface area (Å²) in [6.45, 7) is 7.58. The first-order valence-corrected chi connectivity index (χ1v) is 11.7. The van der Waals surface area contributed by atoms with Gasteiger partial charge in [-0.3, -0.25) is 0 Å². The second-order valence-corrected chi connectivity index (χ2v) is 7.99. The molecule has 0 spiro atoms. The van der Waals surface area contributed by atoms with E-state index in [2.05, 4.69) is 6.92 Å². The van der Waals surface area contributed by atoms with Crippen molar-refractivity contribution in [1.29, 1.82) is 0 Å². The van der Waals surface area contributed by atoms with E-state index in [-0.39, 0.29) is 6.29 Å². The van der Waals surface area contributed by atoms with Crippen molar-refractivity contribution < 1.29 is 14.2 Å². The van der Waals surface area contributed by atoms with Crippen LogP contribution in [0.25, 0.3) is 0 Å². The second kappa shape index (κ2) is 18.3. The first-order chi connectivity index (χ1) is 12.9. The lowest BCUT2D eigenvalue weighted by Gasteiger charge is -2.10. The zero-order valence-electron chi connectivity index (χ0n) is 17.8. The highest BCUT2D eigenvalue weighted by atomic mass is 16.7. The third-order valence-electron chi connectivity index (χ3n) is 5.39. The van der Waals surface area contributed by atoms with Crippen molar-refractivity contribution in [2.45, 2.75) is 116 Å². The molecule has 2 atom stereocenters. The van der Waals surface area contributed by atoms with E-state index >= 15 is 0 Å². The van der Waals surface area contributed by atoms with Crippen molar-refractivity contribution >= 4 is 0 Å². The summed E-state index contributed by atoms with van der Waals surface area (Å²) < 4.78 is 16.9. The van der Waals surface area contributed by atoms with Crippen LogP contribution in [0.1, 0.15) is 110 Å². The van der Waals surface area contributed by atoms with Crippen LogP contribution >= 0.6 is 0 Å². The molecule has 26 heavy (non-hydrogen) atoms. The molecule has 0 radical (unpaired) electrons. The van der Waals surface area contributed by atoms with Crippen molar-refractivity contribution in [1.82, 2.24) is 0 Å². The molecule has 1 aliphatic heterocycles. The zero-order valence-corrected chi connectivity index (χ0v) is 17.8. The maximum atomic E-state index is 5.82. The SMILES string of the molecule is CCCCCCCCCCCCCCCCOCC1COC(OCC)C1. The van der Waals surface area contributed by atoms with E-state index in [1.807, 2.05) is 6.92 Å². The van der Waals surface area contributed by atoms with Gasteiger partial charge in [0.15, 0.2) is 6.29 Å². The molecular weight excluding hydrogens is 324 g/mol. The van der Waals surface area contributed by atoms with E-state index in [9.17, 15) is 0 Å². The van der Waals surface area contributed by atoms with Gasteiger partial charge in [-0.25, -0.2) is 0 Å². The van der Waals surface area contributed by atoms with E-state index in [0.717, 1.165) is 32.8 Å². The quantitative estimate of drug-likeness (QED) is 0.232. The molecule has 2 unspecified atom stereocenters. The molecular formula is C23H46O3. The Bertz CT molecular complexity index is 283. The van der Waals surface area contributed by atoms with Gasteiger partial charge in [0.2, 0.25) is 0 Å². The first kappa shape index (κ1) is 23.9. The molecule has 1 aliphatic rings. The minimum absolute atomic E-state index is 0.00894. The fourth-order valence-corrected chi connectivity index (χ4v) is 3.72. The monoisotopic (exact) mass is 370 g/mol. The van der Waals surface area contributed by atoms with Crippen molar-refractivity contribution in [3.05, 3.63) is 0 Å². The Labute approximate surface area is 163 Å². The van der Waals surface area contributed by atoms with E-state index < -0.39 is 0 Å². The van der Waals surface area contributed by atoms with Gasteiger partial charge in [-0.05, 0) is 13.3 Å². The molecule has 1 rings (SSSR count). The lowest BCUT2D eigenvalue weighted by molar-refractivity contribution is -0.106. The number of hydrogen-bond donors (Lipinski definition) is 0. The van der Waals surface area contributed by atoms with E-state index in [4.69, 9.17) is 14.2 Å². The fourth-order valence-electron chi connectivity index (χ4n) is 3.72. The van der Waals surface area contributed by atoms with Crippen molar-refractivity contribution in [3.8, 4) is 0 Å². The van der Waals surface area contributed by atoms with Crippen molar-refractivity contribution in [2.24, 2.45) is 5.92 Å². The molecule has 0 aliphatic carbocycles. The van der Waals surface area contributed by atoms with Gasteiger partial charge in [-0.15, -0.1) is 0 Å². The first-order valence-electron chi connectivity index (χ1n) is 11.7. The highest BCUT2D eigenvalue weighted by Gasteiger charge is 2.25. The Hall–Kier alpha value is -0.120. The minimum atomic E-state index is 0.00894. The molecule has 156 valence electrons. The molecule has 3 heteroatoms. The van der Waals surface area contributed by atoms with Gasteiger partial charge in [0.25, 0.3) is 0 Å². The summed E-state index contributed by atoms with van der Waals surface area (Å²) in [5.41, 5.74) is 0. The molecule has 0 N–H and O–H groups in total. The van der Waals surface area contributed by atoms with Crippen LogP contribution in [0.3, 0.4) is 0 Å².